The second-order valence-electron chi connectivity index (χ2n) is 6.70. The first-order valence-electron chi connectivity index (χ1n) is 9.69. The van der Waals surface area contributed by atoms with E-state index in [1.807, 2.05) is 37.4 Å². The maximum atomic E-state index is 13.3. The molecule has 0 radical (unpaired) electrons. The minimum Gasteiger partial charge on any atom is -0.492 e. The zero-order chi connectivity index (χ0) is 20.9. The summed E-state index contributed by atoms with van der Waals surface area (Å²) in [6, 6.07) is 14.5. The smallest absolute Gasteiger partial charge is 0.191 e. The molecule has 0 bridgehead atoms. The van der Waals surface area contributed by atoms with E-state index in [0.717, 1.165) is 30.0 Å². The van der Waals surface area contributed by atoms with Gasteiger partial charge >= 0.3 is 0 Å². The van der Waals surface area contributed by atoms with Crippen LogP contribution in [-0.2, 0) is 17.8 Å². The van der Waals surface area contributed by atoms with E-state index >= 15 is 0 Å². The summed E-state index contributed by atoms with van der Waals surface area (Å²) in [4.78, 5) is 6.38. The van der Waals surface area contributed by atoms with Crippen molar-refractivity contribution in [2.45, 2.75) is 13.1 Å². The fourth-order valence-electron chi connectivity index (χ4n) is 2.66. The summed E-state index contributed by atoms with van der Waals surface area (Å²) >= 11 is 0. The number of nitrogens with zero attached hydrogens (tertiary/aromatic N) is 2. The first-order valence-corrected chi connectivity index (χ1v) is 9.69. The highest BCUT2D eigenvalue weighted by Crippen LogP contribution is 2.13. The molecule has 0 spiro atoms. The molecule has 2 aromatic carbocycles. The largest absolute Gasteiger partial charge is 0.492 e. The molecule has 0 heterocycles. The highest BCUT2D eigenvalue weighted by molar-refractivity contribution is 14.0. The van der Waals surface area contributed by atoms with Crippen molar-refractivity contribution in [2.24, 2.45) is 4.99 Å². The van der Waals surface area contributed by atoms with E-state index in [-0.39, 0.29) is 29.8 Å². The molecule has 166 valence electrons. The number of hydrogen-bond acceptors (Lipinski definition) is 4. The third-order valence-electron chi connectivity index (χ3n) is 4.35. The van der Waals surface area contributed by atoms with Gasteiger partial charge in [-0.2, -0.15) is 0 Å². The summed E-state index contributed by atoms with van der Waals surface area (Å²) in [5, 5.41) is 6.45. The van der Waals surface area contributed by atoms with E-state index in [1.54, 1.807) is 20.2 Å². The normalized spacial score (nSPS) is 11.2. The van der Waals surface area contributed by atoms with Gasteiger partial charge in [0.25, 0.3) is 0 Å². The van der Waals surface area contributed by atoms with E-state index < -0.39 is 0 Å². The zero-order valence-electron chi connectivity index (χ0n) is 17.9. The number of likely N-dealkylation sites (N-methyl/N-ethyl adjacent to an activating group) is 1. The molecule has 0 atom stereocenters. The van der Waals surface area contributed by atoms with Gasteiger partial charge in [0.2, 0.25) is 0 Å². The average Bonchev–Trinajstić information content (AvgIpc) is 2.73. The highest BCUT2D eigenvalue weighted by atomic mass is 127. The summed E-state index contributed by atoms with van der Waals surface area (Å²) in [5.74, 6) is 1.25. The Morgan fingerprint density at radius 3 is 2.27 bits per heavy atom. The third kappa shape index (κ3) is 10.2. The predicted molar refractivity (Wildman–Crippen MR) is 130 cm³/mol. The van der Waals surface area contributed by atoms with Gasteiger partial charge in [0.05, 0.1) is 6.61 Å². The van der Waals surface area contributed by atoms with Gasteiger partial charge in [-0.3, -0.25) is 4.99 Å². The number of hydrogen-bond donors (Lipinski definition) is 2. The van der Waals surface area contributed by atoms with E-state index in [2.05, 4.69) is 20.5 Å². The molecule has 6 nitrogen and oxygen atoms in total. The molecule has 0 aromatic heterocycles. The molecule has 0 unspecified atom stereocenters. The molecule has 0 fully saturated rings. The van der Waals surface area contributed by atoms with Crippen molar-refractivity contribution >= 4 is 29.9 Å². The van der Waals surface area contributed by atoms with Crippen LogP contribution in [0, 0.1) is 5.82 Å². The topological polar surface area (TPSA) is 58.1 Å². The van der Waals surface area contributed by atoms with Crippen LogP contribution in [0.4, 0.5) is 4.39 Å². The van der Waals surface area contributed by atoms with Crippen molar-refractivity contribution in [2.75, 3.05) is 47.5 Å². The maximum absolute atomic E-state index is 13.3. The molecule has 2 aromatic rings. The molecule has 2 N–H and O–H groups in total. The van der Waals surface area contributed by atoms with Crippen molar-refractivity contribution in [1.29, 1.82) is 0 Å². The Bertz CT molecular complexity index is 776. The molecule has 0 saturated heterocycles. The average molecular weight is 530 g/mol. The molecule has 0 aliphatic carbocycles. The summed E-state index contributed by atoms with van der Waals surface area (Å²) in [5.41, 5.74) is 1.95. The van der Waals surface area contributed by atoms with Crippen LogP contribution in [0.15, 0.2) is 53.5 Å². The van der Waals surface area contributed by atoms with E-state index in [1.165, 1.54) is 12.1 Å². The first kappa shape index (κ1) is 26.1. The number of nitrogens with one attached hydrogen (secondary N) is 2. The number of benzene rings is 2. The Morgan fingerprint density at radius 1 is 1.00 bits per heavy atom. The Labute approximate surface area is 195 Å². The summed E-state index contributed by atoms with van der Waals surface area (Å²) in [7, 11) is 5.46. The van der Waals surface area contributed by atoms with E-state index in [9.17, 15) is 4.39 Å². The standard InChI is InChI=1S/C22H31FN4O2.HI/c1-24-22(25-16-18-6-4-8-20(23)14-18)26-17-19-7-5-9-21(15-19)29-13-11-27(2)10-12-28-3;/h4-9,14-15H,10-13,16-17H2,1-3H3,(H2,24,25,26);1H. The molecule has 2 rings (SSSR count). The number of aliphatic imine (C=N–C) groups is 1. The van der Waals surface area contributed by atoms with Crippen molar-refractivity contribution < 1.29 is 13.9 Å². The van der Waals surface area contributed by atoms with Gasteiger partial charge in [-0.05, 0) is 42.4 Å². The molecule has 8 heteroatoms. The van der Waals surface area contributed by atoms with Crippen LogP contribution >= 0.6 is 24.0 Å². The van der Waals surface area contributed by atoms with Gasteiger partial charge in [0, 0.05) is 40.3 Å². The Hall–Kier alpha value is -1.91. The SMILES string of the molecule is CN=C(NCc1cccc(F)c1)NCc1cccc(OCCN(C)CCOC)c1.I. The Balaban J connectivity index is 0.00000450. The lowest BCUT2D eigenvalue weighted by molar-refractivity contribution is 0.150. The van der Waals surface area contributed by atoms with Gasteiger partial charge in [0.15, 0.2) is 5.96 Å². The van der Waals surface area contributed by atoms with Crippen LogP contribution < -0.4 is 15.4 Å². The molecule has 0 saturated carbocycles. The molecule has 0 aliphatic heterocycles. The summed E-state index contributed by atoms with van der Waals surface area (Å²) < 4.78 is 24.2. The molecule has 0 amide bonds. The fourth-order valence-corrected chi connectivity index (χ4v) is 2.66. The number of methoxy groups -OCH3 is 1. The Morgan fingerprint density at radius 2 is 1.63 bits per heavy atom. The van der Waals surface area contributed by atoms with E-state index in [4.69, 9.17) is 9.47 Å². The maximum Gasteiger partial charge on any atom is 0.191 e. The van der Waals surface area contributed by atoms with Crippen LogP contribution in [0.3, 0.4) is 0 Å². The minimum atomic E-state index is -0.242. The van der Waals surface area contributed by atoms with Gasteiger partial charge < -0.3 is 25.0 Å². The number of rotatable bonds is 11. The molecular weight excluding hydrogens is 498 g/mol. The van der Waals surface area contributed by atoms with Gasteiger partial charge in [0.1, 0.15) is 18.2 Å². The lowest BCUT2D eigenvalue weighted by Crippen LogP contribution is -2.36. The van der Waals surface area contributed by atoms with Crippen LogP contribution in [-0.4, -0.2) is 58.4 Å². The van der Waals surface area contributed by atoms with Crippen LogP contribution in [0.1, 0.15) is 11.1 Å². The summed E-state index contributed by atoms with van der Waals surface area (Å²) in [6.45, 7) is 4.15. The molecule has 0 aliphatic rings. The third-order valence-corrected chi connectivity index (χ3v) is 4.35. The van der Waals surface area contributed by atoms with Gasteiger partial charge in [-0.1, -0.05) is 24.3 Å². The first-order chi connectivity index (χ1) is 14.1. The number of halogens is 2. The van der Waals surface area contributed by atoms with Crippen LogP contribution in [0.5, 0.6) is 5.75 Å². The number of ether oxygens (including phenoxy) is 2. The lowest BCUT2D eigenvalue weighted by atomic mass is 10.2. The van der Waals surface area contributed by atoms with Gasteiger partial charge in [-0.15, -0.1) is 24.0 Å². The second kappa shape index (κ2) is 15.0. The zero-order valence-corrected chi connectivity index (χ0v) is 20.2. The second-order valence-corrected chi connectivity index (χ2v) is 6.70. The highest BCUT2D eigenvalue weighted by Gasteiger charge is 2.03. The quantitative estimate of drug-likeness (QED) is 0.266. The summed E-state index contributed by atoms with van der Waals surface area (Å²) in [6.07, 6.45) is 0. The van der Waals surface area contributed by atoms with E-state index in [0.29, 0.717) is 32.3 Å². The predicted octanol–water partition coefficient (Wildman–Crippen LogP) is 3.27. The van der Waals surface area contributed by atoms with Crippen LogP contribution in [0.25, 0.3) is 0 Å². The Kier molecular flexibility index (Phi) is 13.0. The monoisotopic (exact) mass is 530 g/mol. The van der Waals surface area contributed by atoms with Crippen molar-refractivity contribution in [3.63, 3.8) is 0 Å². The van der Waals surface area contributed by atoms with Crippen molar-refractivity contribution in [3.8, 4) is 5.75 Å². The molecular formula is C22H32FIN4O2. The fraction of sp³-hybridized carbons (Fsp3) is 0.409. The number of guanidine groups is 1. The van der Waals surface area contributed by atoms with Crippen molar-refractivity contribution in [1.82, 2.24) is 15.5 Å². The molecule has 30 heavy (non-hydrogen) atoms. The minimum absolute atomic E-state index is 0. The van der Waals surface area contributed by atoms with Crippen LogP contribution in [0.2, 0.25) is 0 Å². The lowest BCUT2D eigenvalue weighted by Gasteiger charge is -2.16. The van der Waals surface area contributed by atoms with Gasteiger partial charge in [-0.25, -0.2) is 4.39 Å². The van der Waals surface area contributed by atoms with Crippen molar-refractivity contribution in [3.05, 3.63) is 65.5 Å².